The summed E-state index contributed by atoms with van der Waals surface area (Å²) in [4.78, 5) is 6.94. The van der Waals surface area contributed by atoms with Gasteiger partial charge in [0.05, 0.1) is 6.04 Å². The van der Waals surface area contributed by atoms with Gasteiger partial charge in [-0.1, -0.05) is 19.0 Å². The van der Waals surface area contributed by atoms with Crippen molar-refractivity contribution in [2.24, 2.45) is 5.92 Å². The van der Waals surface area contributed by atoms with E-state index in [0.717, 1.165) is 49.7 Å². The van der Waals surface area contributed by atoms with Crippen LogP contribution in [0.15, 0.2) is 22.7 Å². The van der Waals surface area contributed by atoms with Crippen molar-refractivity contribution in [3.63, 3.8) is 0 Å². The zero-order valence-electron chi connectivity index (χ0n) is 16.3. The first-order valence-electron chi connectivity index (χ1n) is 9.81. The SMILES string of the molecule is CC(C)Cc1noc(C(C)NC2CCN(c3ccc4c(c3)OCO4)CC2)n1. The van der Waals surface area contributed by atoms with E-state index in [-0.39, 0.29) is 6.04 Å². The van der Waals surface area contributed by atoms with Gasteiger partial charge in [0.2, 0.25) is 12.7 Å². The van der Waals surface area contributed by atoms with Crippen LogP contribution in [-0.4, -0.2) is 36.1 Å². The fourth-order valence-electron chi connectivity index (χ4n) is 3.70. The number of ether oxygens (including phenoxy) is 2. The first-order valence-corrected chi connectivity index (χ1v) is 9.81. The summed E-state index contributed by atoms with van der Waals surface area (Å²) in [6.07, 6.45) is 3.00. The van der Waals surface area contributed by atoms with Crippen molar-refractivity contribution in [1.82, 2.24) is 15.5 Å². The summed E-state index contributed by atoms with van der Waals surface area (Å²) >= 11 is 0. The van der Waals surface area contributed by atoms with Crippen LogP contribution >= 0.6 is 0 Å². The summed E-state index contributed by atoms with van der Waals surface area (Å²) in [5.74, 6) is 3.69. The summed E-state index contributed by atoms with van der Waals surface area (Å²) < 4.78 is 16.3. The molecule has 1 N–H and O–H groups in total. The normalized spacial score (nSPS) is 18.3. The highest BCUT2D eigenvalue weighted by Gasteiger charge is 2.24. The molecule has 1 atom stereocenters. The molecule has 146 valence electrons. The molecular formula is C20H28N4O3. The lowest BCUT2D eigenvalue weighted by atomic mass is 10.0. The second-order valence-corrected chi connectivity index (χ2v) is 7.83. The molecule has 1 unspecified atom stereocenters. The molecule has 2 aliphatic heterocycles. The van der Waals surface area contributed by atoms with Gasteiger partial charge in [0.15, 0.2) is 17.3 Å². The van der Waals surface area contributed by atoms with Crippen molar-refractivity contribution in [2.75, 3.05) is 24.8 Å². The number of piperidine rings is 1. The van der Waals surface area contributed by atoms with Crippen molar-refractivity contribution in [1.29, 1.82) is 0 Å². The fourth-order valence-corrected chi connectivity index (χ4v) is 3.70. The smallest absolute Gasteiger partial charge is 0.243 e. The Morgan fingerprint density at radius 1 is 1.15 bits per heavy atom. The van der Waals surface area contributed by atoms with Crippen LogP contribution in [0.2, 0.25) is 0 Å². The molecule has 0 saturated carbocycles. The Kier molecular flexibility index (Phi) is 5.20. The molecule has 4 rings (SSSR count). The number of nitrogens with zero attached hydrogens (tertiary/aromatic N) is 3. The summed E-state index contributed by atoms with van der Waals surface area (Å²) in [6.45, 7) is 8.74. The number of aromatic nitrogens is 2. The average Bonchev–Trinajstić information content (AvgIpc) is 3.30. The zero-order valence-corrected chi connectivity index (χ0v) is 16.3. The van der Waals surface area contributed by atoms with E-state index in [4.69, 9.17) is 14.0 Å². The zero-order chi connectivity index (χ0) is 18.8. The second kappa shape index (κ2) is 7.76. The third-order valence-electron chi connectivity index (χ3n) is 5.15. The summed E-state index contributed by atoms with van der Waals surface area (Å²) in [5, 5.41) is 7.74. The van der Waals surface area contributed by atoms with E-state index in [2.05, 4.69) is 53.3 Å². The minimum absolute atomic E-state index is 0.0699. The Morgan fingerprint density at radius 3 is 2.70 bits per heavy atom. The summed E-state index contributed by atoms with van der Waals surface area (Å²) in [5.41, 5.74) is 1.20. The van der Waals surface area contributed by atoms with Crippen LogP contribution in [-0.2, 0) is 6.42 Å². The van der Waals surface area contributed by atoms with Gasteiger partial charge in [-0.25, -0.2) is 0 Å². The molecule has 2 aromatic rings. The van der Waals surface area contributed by atoms with Crippen molar-refractivity contribution < 1.29 is 14.0 Å². The minimum atomic E-state index is 0.0699. The van der Waals surface area contributed by atoms with E-state index in [1.165, 1.54) is 5.69 Å². The van der Waals surface area contributed by atoms with Crippen molar-refractivity contribution in [3.05, 3.63) is 29.9 Å². The van der Waals surface area contributed by atoms with Crippen LogP contribution in [0.3, 0.4) is 0 Å². The Bertz CT molecular complexity index is 768. The number of nitrogens with one attached hydrogen (secondary N) is 1. The third-order valence-corrected chi connectivity index (χ3v) is 5.15. The fraction of sp³-hybridized carbons (Fsp3) is 0.600. The van der Waals surface area contributed by atoms with Crippen LogP contribution in [0, 0.1) is 5.92 Å². The van der Waals surface area contributed by atoms with Crippen LogP contribution in [0.1, 0.15) is 51.4 Å². The Labute approximate surface area is 160 Å². The molecule has 1 saturated heterocycles. The van der Waals surface area contributed by atoms with Gasteiger partial charge in [-0.3, -0.25) is 0 Å². The molecule has 0 aliphatic carbocycles. The number of hydrogen-bond acceptors (Lipinski definition) is 7. The Morgan fingerprint density at radius 2 is 1.93 bits per heavy atom. The molecule has 7 nitrogen and oxygen atoms in total. The molecule has 0 spiro atoms. The van der Waals surface area contributed by atoms with E-state index in [0.29, 0.717) is 24.6 Å². The van der Waals surface area contributed by atoms with E-state index in [1.807, 2.05) is 6.07 Å². The van der Waals surface area contributed by atoms with Gasteiger partial charge in [-0.2, -0.15) is 4.98 Å². The van der Waals surface area contributed by atoms with Crippen molar-refractivity contribution in [3.8, 4) is 11.5 Å². The number of fused-ring (bicyclic) bond motifs is 1. The first-order chi connectivity index (χ1) is 13.1. The molecule has 1 fully saturated rings. The van der Waals surface area contributed by atoms with Crippen LogP contribution in [0.4, 0.5) is 5.69 Å². The van der Waals surface area contributed by atoms with Gasteiger partial charge < -0.3 is 24.2 Å². The lowest BCUT2D eigenvalue weighted by Crippen LogP contribution is -2.43. The van der Waals surface area contributed by atoms with Crippen molar-refractivity contribution in [2.45, 2.75) is 52.1 Å². The molecule has 1 aromatic heterocycles. The van der Waals surface area contributed by atoms with Gasteiger partial charge in [-0.05, 0) is 37.8 Å². The molecule has 0 bridgehead atoms. The lowest BCUT2D eigenvalue weighted by Gasteiger charge is -2.35. The number of benzene rings is 1. The third kappa shape index (κ3) is 4.18. The van der Waals surface area contributed by atoms with Gasteiger partial charge in [0.25, 0.3) is 0 Å². The summed E-state index contributed by atoms with van der Waals surface area (Å²) in [7, 11) is 0. The van der Waals surface area contributed by atoms with E-state index < -0.39 is 0 Å². The van der Waals surface area contributed by atoms with Crippen LogP contribution in [0.25, 0.3) is 0 Å². The highest BCUT2D eigenvalue weighted by Crippen LogP contribution is 2.36. The molecule has 2 aliphatic rings. The highest BCUT2D eigenvalue weighted by atomic mass is 16.7. The molecule has 1 aromatic carbocycles. The standard InChI is InChI=1S/C20H28N4O3/c1-13(2)10-19-22-20(27-23-19)14(3)21-15-6-8-24(9-7-15)16-4-5-17-18(11-16)26-12-25-17/h4-5,11,13-15,21H,6-10,12H2,1-3H3. The Hall–Kier alpha value is -2.28. The van der Waals surface area contributed by atoms with Gasteiger partial charge in [-0.15, -0.1) is 0 Å². The highest BCUT2D eigenvalue weighted by molar-refractivity contribution is 5.57. The largest absolute Gasteiger partial charge is 0.454 e. The van der Waals surface area contributed by atoms with E-state index in [9.17, 15) is 0 Å². The predicted molar refractivity (Wildman–Crippen MR) is 102 cm³/mol. The predicted octanol–water partition coefficient (Wildman–Crippen LogP) is 3.32. The topological polar surface area (TPSA) is 72.7 Å². The van der Waals surface area contributed by atoms with E-state index >= 15 is 0 Å². The summed E-state index contributed by atoms with van der Waals surface area (Å²) in [6, 6.07) is 6.70. The minimum Gasteiger partial charge on any atom is -0.454 e. The number of rotatable bonds is 6. The maximum atomic E-state index is 5.49. The Balaban J connectivity index is 1.29. The molecular weight excluding hydrogens is 344 g/mol. The van der Waals surface area contributed by atoms with Crippen molar-refractivity contribution >= 4 is 5.69 Å². The molecule has 7 heteroatoms. The van der Waals surface area contributed by atoms with Gasteiger partial charge in [0.1, 0.15) is 0 Å². The monoisotopic (exact) mass is 372 g/mol. The number of hydrogen-bond donors (Lipinski definition) is 1. The molecule has 0 radical (unpaired) electrons. The van der Waals surface area contributed by atoms with Crippen LogP contribution in [0.5, 0.6) is 11.5 Å². The quantitative estimate of drug-likeness (QED) is 0.834. The molecule has 3 heterocycles. The second-order valence-electron chi connectivity index (χ2n) is 7.83. The maximum Gasteiger partial charge on any atom is 0.243 e. The molecule has 0 amide bonds. The van der Waals surface area contributed by atoms with Gasteiger partial charge >= 0.3 is 0 Å². The maximum absolute atomic E-state index is 5.49. The number of anilines is 1. The first kappa shape index (κ1) is 18.1. The average molecular weight is 372 g/mol. The van der Waals surface area contributed by atoms with E-state index in [1.54, 1.807) is 0 Å². The molecule has 27 heavy (non-hydrogen) atoms. The van der Waals surface area contributed by atoms with Crippen LogP contribution < -0.4 is 19.7 Å². The lowest BCUT2D eigenvalue weighted by molar-refractivity contribution is 0.174. The van der Waals surface area contributed by atoms with Gasteiger partial charge in [0, 0.05) is 37.3 Å².